The lowest BCUT2D eigenvalue weighted by Gasteiger charge is -2.26. The van der Waals surface area contributed by atoms with Crippen LogP contribution in [0.2, 0.25) is 0 Å². The zero-order valence-corrected chi connectivity index (χ0v) is 11.0. The van der Waals surface area contributed by atoms with E-state index in [2.05, 4.69) is 32.9 Å². The van der Waals surface area contributed by atoms with E-state index in [0.717, 1.165) is 12.8 Å². The Bertz CT molecular complexity index is 345. The van der Waals surface area contributed by atoms with Gasteiger partial charge in [-0.05, 0) is 23.8 Å². The number of benzene rings is 1. The van der Waals surface area contributed by atoms with Crippen molar-refractivity contribution in [3.8, 4) is 0 Å². The molecule has 2 atom stereocenters. The fourth-order valence-electron chi connectivity index (χ4n) is 2.55. The van der Waals surface area contributed by atoms with E-state index in [4.69, 9.17) is 5.73 Å². The Balaban J connectivity index is 2.80. The Kier molecular flexibility index (Phi) is 5.20. The van der Waals surface area contributed by atoms with Crippen LogP contribution in [0.3, 0.4) is 0 Å². The minimum atomic E-state index is -0.164. The molecule has 1 aromatic carbocycles. The van der Waals surface area contributed by atoms with Crippen LogP contribution in [0.1, 0.15) is 32.8 Å². The summed E-state index contributed by atoms with van der Waals surface area (Å²) in [5, 5.41) is 0. The first-order chi connectivity index (χ1) is 8.06. The van der Waals surface area contributed by atoms with E-state index in [-0.39, 0.29) is 11.8 Å². The van der Waals surface area contributed by atoms with E-state index < -0.39 is 0 Å². The number of amides is 1. The lowest BCUT2D eigenvalue weighted by atomic mass is 9.78. The molecule has 0 heterocycles. The Labute approximate surface area is 104 Å². The molecule has 1 aromatic rings. The predicted octanol–water partition coefficient (Wildman–Crippen LogP) is 3.01. The molecule has 1 unspecified atom stereocenters. The fourth-order valence-corrected chi connectivity index (χ4v) is 2.55. The first-order valence-corrected chi connectivity index (χ1v) is 6.39. The summed E-state index contributed by atoms with van der Waals surface area (Å²) in [6, 6.07) is 10.3. The van der Waals surface area contributed by atoms with Crippen LogP contribution in [0.25, 0.3) is 0 Å². The summed E-state index contributed by atoms with van der Waals surface area (Å²) >= 11 is 0. The molecular weight excluding hydrogens is 210 g/mol. The third-order valence-corrected chi connectivity index (χ3v) is 3.42. The summed E-state index contributed by atoms with van der Waals surface area (Å²) in [5.41, 5.74) is 6.81. The van der Waals surface area contributed by atoms with Crippen LogP contribution in [0.4, 0.5) is 0 Å². The smallest absolute Gasteiger partial charge is 0.221 e. The van der Waals surface area contributed by atoms with E-state index in [1.165, 1.54) is 5.56 Å². The average Bonchev–Trinajstić information content (AvgIpc) is 2.28. The molecule has 0 aliphatic heterocycles. The van der Waals surface area contributed by atoms with Crippen LogP contribution in [0, 0.1) is 17.8 Å². The first kappa shape index (κ1) is 13.8. The minimum Gasteiger partial charge on any atom is -0.369 e. The summed E-state index contributed by atoms with van der Waals surface area (Å²) in [4.78, 5) is 11.6. The van der Waals surface area contributed by atoms with Crippen LogP contribution in [0.15, 0.2) is 30.3 Å². The van der Waals surface area contributed by atoms with Crippen LogP contribution < -0.4 is 5.73 Å². The highest BCUT2D eigenvalue weighted by Crippen LogP contribution is 2.27. The molecule has 2 heteroatoms. The van der Waals surface area contributed by atoms with Gasteiger partial charge in [0.1, 0.15) is 0 Å². The summed E-state index contributed by atoms with van der Waals surface area (Å²) in [5.74, 6) is 0.457. The molecule has 2 N–H and O–H groups in total. The third-order valence-electron chi connectivity index (χ3n) is 3.42. The van der Waals surface area contributed by atoms with Gasteiger partial charge in [-0.25, -0.2) is 0 Å². The lowest BCUT2D eigenvalue weighted by molar-refractivity contribution is -0.125. The SMILES string of the molecule is CC[C@@H](Cc1ccccc1)C(C(N)=O)C(C)C. The Morgan fingerprint density at radius 1 is 1.24 bits per heavy atom. The molecule has 94 valence electrons. The van der Waals surface area contributed by atoms with Gasteiger partial charge in [0, 0.05) is 5.92 Å². The summed E-state index contributed by atoms with van der Waals surface area (Å²) in [7, 11) is 0. The fraction of sp³-hybridized carbons (Fsp3) is 0.533. The largest absolute Gasteiger partial charge is 0.369 e. The van der Waals surface area contributed by atoms with Crippen molar-refractivity contribution in [3.05, 3.63) is 35.9 Å². The van der Waals surface area contributed by atoms with Crippen LogP contribution in [0.5, 0.6) is 0 Å². The topological polar surface area (TPSA) is 43.1 Å². The molecule has 0 bridgehead atoms. The van der Waals surface area contributed by atoms with Crippen molar-refractivity contribution in [2.24, 2.45) is 23.5 Å². The van der Waals surface area contributed by atoms with Crippen LogP contribution in [-0.2, 0) is 11.2 Å². The second kappa shape index (κ2) is 6.43. The number of carbonyl (C=O) groups excluding carboxylic acids is 1. The highest BCUT2D eigenvalue weighted by atomic mass is 16.1. The van der Waals surface area contributed by atoms with Gasteiger partial charge in [-0.1, -0.05) is 57.5 Å². The van der Waals surface area contributed by atoms with Gasteiger partial charge in [-0.3, -0.25) is 4.79 Å². The summed E-state index contributed by atoms with van der Waals surface area (Å²) in [6.45, 7) is 6.28. The second-order valence-electron chi connectivity index (χ2n) is 5.03. The van der Waals surface area contributed by atoms with E-state index >= 15 is 0 Å². The molecule has 0 fully saturated rings. The highest BCUT2D eigenvalue weighted by Gasteiger charge is 2.28. The number of primary amides is 1. The predicted molar refractivity (Wildman–Crippen MR) is 71.4 cm³/mol. The van der Waals surface area contributed by atoms with Crippen molar-refractivity contribution in [2.45, 2.75) is 33.6 Å². The highest BCUT2D eigenvalue weighted by molar-refractivity contribution is 5.77. The van der Waals surface area contributed by atoms with Gasteiger partial charge in [0.15, 0.2) is 0 Å². The number of hydrogen-bond acceptors (Lipinski definition) is 1. The molecule has 0 saturated heterocycles. The molecule has 1 rings (SSSR count). The molecule has 2 nitrogen and oxygen atoms in total. The molecule has 0 spiro atoms. The second-order valence-corrected chi connectivity index (χ2v) is 5.03. The lowest BCUT2D eigenvalue weighted by Crippen LogP contribution is -2.34. The van der Waals surface area contributed by atoms with Gasteiger partial charge in [-0.15, -0.1) is 0 Å². The van der Waals surface area contributed by atoms with Gasteiger partial charge in [0.05, 0.1) is 0 Å². The molecular formula is C15H23NO. The Morgan fingerprint density at radius 2 is 1.82 bits per heavy atom. The van der Waals surface area contributed by atoms with Crippen molar-refractivity contribution < 1.29 is 4.79 Å². The Hall–Kier alpha value is -1.31. The Morgan fingerprint density at radius 3 is 2.24 bits per heavy atom. The van der Waals surface area contributed by atoms with E-state index in [0.29, 0.717) is 11.8 Å². The van der Waals surface area contributed by atoms with Crippen molar-refractivity contribution in [3.63, 3.8) is 0 Å². The minimum absolute atomic E-state index is 0.0276. The van der Waals surface area contributed by atoms with Crippen molar-refractivity contribution >= 4 is 5.91 Å². The average molecular weight is 233 g/mol. The zero-order valence-electron chi connectivity index (χ0n) is 11.0. The van der Waals surface area contributed by atoms with Crippen molar-refractivity contribution in [1.82, 2.24) is 0 Å². The number of nitrogens with two attached hydrogens (primary N) is 1. The summed E-state index contributed by atoms with van der Waals surface area (Å²) in [6.07, 6.45) is 1.92. The van der Waals surface area contributed by atoms with Gasteiger partial charge < -0.3 is 5.73 Å². The third kappa shape index (κ3) is 3.88. The number of hydrogen-bond donors (Lipinski definition) is 1. The van der Waals surface area contributed by atoms with Crippen LogP contribution >= 0.6 is 0 Å². The molecule has 1 amide bonds. The molecule has 0 saturated carbocycles. The molecule has 0 aromatic heterocycles. The molecule has 0 aliphatic rings. The van der Waals surface area contributed by atoms with E-state index in [1.54, 1.807) is 0 Å². The van der Waals surface area contributed by atoms with E-state index in [1.807, 2.05) is 18.2 Å². The van der Waals surface area contributed by atoms with Gasteiger partial charge in [-0.2, -0.15) is 0 Å². The first-order valence-electron chi connectivity index (χ1n) is 6.39. The number of rotatable bonds is 6. The maximum atomic E-state index is 11.6. The zero-order chi connectivity index (χ0) is 12.8. The van der Waals surface area contributed by atoms with Crippen molar-refractivity contribution in [1.29, 1.82) is 0 Å². The maximum Gasteiger partial charge on any atom is 0.221 e. The quantitative estimate of drug-likeness (QED) is 0.806. The van der Waals surface area contributed by atoms with Crippen molar-refractivity contribution in [2.75, 3.05) is 0 Å². The molecule has 0 aliphatic carbocycles. The summed E-state index contributed by atoms with van der Waals surface area (Å²) < 4.78 is 0. The van der Waals surface area contributed by atoms with Crippen LogP contribution in [-0.4, -0.2) is 5.91 Å². The maximum absolute atomic E-state index is 11.6. The van der Waals surface area contributed by atoms with Gasteiger partial charge >= 0.3 is 0 Å². The molecule has 17 heavy (non-hydrogen) atoms. The normalized spacial score (nSPS) is 14.6. The van der Waals surface area contributed by atoms with Gasteiger partial charge in [0.25, 0.3) is 0 Å². The molecule has 0 radical (unpaired) electrons. The number of carbonyl (C=O) groups is 1. The standard InChI is InChI=1S/C15H23NO/c1-4-13(14(11(2)3)15(16)17)10-12-8-6-5-7-9-12/h5-9,11,13-14H,4,10H2,1-3H3,(H2,16,17)/t13-,14?/m0/s1. The van der Waals surface area contributed by atoms with Gasteiger partial charge in [0.2, 0.25) is 5.91 Å². The van der Waals surface area contributed by atoms with E-state index in [9.17, 15) is 4.79 Å². The monoisotopic (exact) mass is 233 g/mol.